The molecular formula is C40H35NO3. The van der Waals surface area contributed by atoms with Crippen LogP contribution in [0.25, 0.3) is 59.5 Å². The minimum atomic E-state index is -0.290. The highest BCUT2D eigenvalue weighted by atomic mass is 16.3. The van der Waals surface area contributed by atoms with Crippen molar-refractivity contribution in [1.29, 1.82) is 0 Å². The van der Waals surface area contributed by atoms with E-state index in [1.165, 1.54) is 4.57 Å². The molecule has 1 N–H and O–H groups in total. The van der Waals surface area contributed by atoms with Crippen molar-refractivity contribution in [1.82, 2.24) is 4.57 Å². The van der Waals surface area contributed by atoms with E-state index in [0.717, 1.165) is 84.7 Å². The van der Waals surface area contributed by atoms with E-state index in [1.807, 2.05) is 36.4 Å². The van der Waals surface area contributed by atoms with Crippen molar-refractivity contribution in [3.8, 4) is 17.5 Å². The maximum Gasteiger partial charge on any atom is 0.265 e. The van der Waals surface area contributed by atoms with E-state index < -0.39 is 0 Å². The second-order valence-electron chi connectivity index (χ2n) is 12.5. The fourth-order valence-electron chi connectivity index (χ4n) is 6.99. The molecule has 1 aromatic heterocycles. The third kappa shape index (κ3) is 4.19. The number of fused-ring (bicyclic) bond motifs is 3. The maximum absolute atomic E-state index is 14.5. The lowest BCUT2D eigenvalue weighted by molar-refractivity contribution is 0.285. The molecule has 0 atom stereocenters. The second kappa shape index (κ2) is 10.8. The molecule has 4 nitrogen and oxygen atoms in total. The van der Waals surface area contributed by atoms with Crippen LogP contribution in [0.1, 0.15) is 75.5 Å². The van der Waals surface area contributed by atoms with Crippen LogP contribution < -0.4 is 11.1 Å². The quantitative estimate of drug-likeness (QED) is 0.0932. The first-order valence-corrected chi connectivity index (χ1v) is 15.6. The third-order valence-corrected chi connectivity index (χ3v) is 9.12. The Labute approximate surface area is 256 Å². The molecule has 6 aromatic carbocycles. The molecule has 0 saturated carbocycles. The summed E-state index contributed by atoms with van der Waals surface area (Å²) >= 11 is 0. The first-order valence-electron chi connectivity index (χ1n) is 15.6. The summed E-state index contributed by atoms with van der Waals surface area (Å²) in [6.07, 6.45) is 2.36. The number of aliphatic hydroxyl groups excluding tert-OH is 1. The molecule has 44 heavy (non-hydrogen) atoms. The van der Waals surface area contributed by atoms with Gasteiger partial charge in [-0.05, 0) is 103 Å². The van der Waals surface area contributed by atoms with Gasteiger partial charge in [0.15, 0.2) is 0 Å². The number of benzene rings is 6. The van der Waals surface area contributed by atoms with Gasteiger partial charge in [-0.15, -0.1) is 0 Å². The molecule has 1 heterocycles. The van der Waals surface area contributed by atoms with Crippen LogP contribution in [-0.4, -0.2) is 16.3 Å². The summed E-state index contributed by atoms with van der Waals surface area (Å²) in [6.45, 7) is 8.61. The minimum Gasteiger partial charge on any atom is -0.396 e. The maximum atomic E-state index is 14.5. The van der Waals surface area contributed by atoms with Crippen molar-refractivity contribution in [2.24, 2.45) is 0 Å². The van der Waals surface area contributed by atoms with E-state index >= 15 is 0 Å². The van der Waals surface area contributed by atoms with Gasteiger partial charge in [-0.25, -0.2) is 4.57 Å². The van der Waals surface area contributed by atoms with Crippen LogP contribution in [-0.2, 0) is 0 Å². The summed E-state index contributed by atoms with van der Waals surface area (Å²) in [5, 5.41) is 18.4. The lowest BCUT2D eigenvalue weighted by Crippen LogP contribution is -2.30. The Morgan fingerprint density at radius 2 is 1.23 bits per heavy atom. The van der Waals surface area contributed by atoms with Gasteiger partial charge >= 0.3 is 0 Å². The fourth-order valence-corrected chi connectivity index (χ4v) is 6.99. The van der Waals surface area contributed by atoms with E-state index in [0.29, 0.717) is 10.8 Å². The minimum absolute atomic E-state index is 0.134. The second-order valence-corrected chi connectivity index (χ2v) is 12.5. The summed E-state index contributed by atoms with van der Waals surface area (Å²) in [4.78, 5) is 29.0. The van der Waals surface area contributed by atoms with Gasteiger partial charge in [-0.1, -0.05) is 88.1 Å². The molecule has 7 aromatic rings. The number of para-hydroxylation sites is 1. The molecular weight excluding hydrogens is 542 g/mol. The number of hydrogen-bond acceptors (Lipinski definition) is 3. The van der Waals surface area contributed by atoms with Crippen molar-refractivity contribution in [3.63, 3.8) is 0 Å². The Morgan fingerprint density at radius 3 is 1.91 bits per heavy atom. The predicted molar refractivity (Wildman–Crippen MR) is 184 cm³/mol. The van der Waals surface area contributed by atoms with Crippen molar-refractivity contribution in [3.05, 3.63) is 110 Å². The van der Waals surface area contributed by atoms with E-state index in [2.05, 4.69) is 75.9 Å². The largest absolute Gasteiger partial charge is 0.396 e. The van der Waals surface area contributed by atoms with Gasteiger partial charge in [0.2, 0.25) is 0 Å². The van der Waals surface area contributed by atoms with Gasteiger partial charge in [-0.3, -0.25) is 9.59 Å². The van der Waals surface area contributed by atoms with E-state index in [1.54, 1.807) is 0 Å². The lowest BCUT2D eigenvalue weighted by Gasteiger charge is -2.20. The molecule has 2 bridgehead atoms. The number of aliphatic hydroxyl groups is 1. The van der Waals surface area contributed by atoms with E-state index in [4.69, 9.17) is 5.11 Å². The molecule has 218 valence electrons. The highest BCUT2D eigenvalue weighted by Crippen LogP contribution is 2.42. The van der Waals surface area contributed by atoms with Crippen molar-refractivity contribution in [2.45, 2.75) is 58.8 Å². The molecule has 0 saturated heterocycles. The fraction of sp³-hybridized carbons (Fsp3) is 0.250. The monoisotopic (exact) mass is 577 g/mol. The van der Waals surface area contributed by atoms with Crippen LogP contribution >= 0.6 is 0 Å². The standard InChI is InChI=1S/C40H35NO3/c1-23(2)27-12-9-13-28(24(3)4)38(27)41-39(43)26-21-34-30-15-10-14-29-25(11-7-5-6-8-20-42)16-17-31(36(29)30)32-18-19-33(40(41)44)35(22-26)37(32)34/h9-10,12-19,21-24,42H,5-6,8,20H2,1-4H3. The van der Waals surface area contributed by atoms with Gasteiger partial charge in [0.25, 0.3) is 11.1 Å². The van der Waals surface area contributed by atoms with Gasteiger partial charge in [0.1, 0.15) is 0 Å². The normalized spacial score (nSPS) is 12.1. The van der Waals surface area contributed by atoms with Crippen molar-refractivity contribution in [2.75, 3.05) is 6.61 Å². The molecule has 0 unspecified atom stereocenters. The zero-order valence-electron chi connectivity index (χ0n) is 25.6. The van der Waals surface area contributed by atoms with Gasteiger partial charge < -0.3 is 5.11 Å². The molecule has 0 aliphatic carbocycles. The number of hydrogen-bond donors (Lipinski definition) is 1. The Hall–Kier alpha value is -4.72. The lowest BCUT2D eigenvalue weighted by atomic mass is 9.87. The SMILES string of the molecule is CC(C)c1cccc(C(C)C)c1-n1c(=O)c2cc3c(ccc4c5ccc(C#CCCCCO)c6cccc(c(c2)c34)c65)c1=O. The molecule has 0 spiro atoms. The smallest absolute Gasteiger partial charge is 0.265 e. The highest BCUT2D eigenvalue weighted by molar-refractivity contribution is 6.35. The van der Waals surface area contributed by atoms with Crippen LogP contribution in [0.4, 0.5) is 0 Å². The Bertz CT molecular complexity index is 2380. The number of unbranched alkanes of at least 4 members (excludes halogenated alkanes) is 2. The number of aromatic nitrogens is 1. The zero-order chi connectivity index (χ0) is 30.7. The van der Waals surface area contributed by atoms with Gasteiger partial charge in [0.05, 0.1) is 5.69 Å². The number of nitrogens with zero attached hydrogens (tertiary/aromatic N) is 1. The van der Waals surface area contributed by atoms with Crippen LogP contribution in [0.3, 0.4) is 0 Å². The van der Waals surface area contributed by atoms with Crippen LogP contribution in [0, 0.1) is 11.8 Å². The van der Waals surface area contributed by atoms with Crippen LogP contribution in [0.5, 0.6) is 0 Å². The molecule has 0 aliphatic heterocycles. The van der Waals surface area contributed by atoms with Gasteiger partial charge in [0, 0.05) is 29.4 Å². The van der Waals surface area contributed by atoms with Crippen molar-refractivity contribution < 1.29 is 5.11 Å². The Balaban J connectivity index is 1.61. The predicted octanol–water partition coefficient (Wildman–Crippen LogP) is 8.60. The Kier molecular flexibility index (Phi) is 6.87. The van der Waals surface area contributed by atoms with Crippen LogP contribution in [0.15, 0.2) is 82.4 Å². The summed E-state index contributed by atoms with van der Waals surface area (Å²) < 4.78 is 1.45. The molecule has 7 rings (SSSR count). The summed E-state index contributed by atoms with van der Waals surface area (Å²) in [7, 11) is 0. The average molecular weight is 578 g/mol. The number of rotatable bonds is 6. The summed E-state index contributed by atoms with van der Waals surface area (Å²) in [5.74, 6) is 6.92. The Morgan fingerprint density at radius 1 is 0.659 bits per heavy atom. The molecule has 0 fully saturated rings. The third-order valence-electron chi connectivity index (χ3n) is 9.12. The first-order chi connectivity index (χ1) is 21.3. The van der Waals surface area contributed by atoms with E-state index in [9.17, 15) is 9.59 Å². The van der Waals surface area contributed by atoms with E-state index in [-0.39, 0.29) is 29.6 Å². The van der Waals surface area contributed by atoms with Crippen molar-refractivity contribution >= 4 is 53.9 Å². The molecule has 0 radical (unpaired) electrons. The molecule has 4 heteroatoms. The van der Waals surface area contributed by atoms with Gasteiger partial charge in [-0.2, -0.15) is 0 Å². The summed E-state index contributed by atoms with van der Waals surface area (Å²) in [5.41, 5.74) is 3.10. The zero-order valence-corrected chi connectivity index (χ0v) is 25.6. The first kappa shape index (κ1) is 28.1. The highest BCUT2D eigenvalue weighted by Gasteiger charge is 2.23. The molecule has 0 aliphatic rings. The molecule has 0 amide bonds. The van der Waals surface area contributed by atoms with Crippen LogP contribution in [0.2, 0.25) is 0 Å². The average Bonchev–Trinajstić information content (AvgIpc) is 3.11. The topological polar surface area (TPSA) is 59.3 Å². The summed E-state index contributed by atoms with van der Waals surface area (Å²) in [6, 6.07) is 24.5.